The summed E-state index contributed by atoms with van der Waals surface area (Å²) < 4.78 is 38.7. The Labute approximate surface area is 126 Å². The van der Waals surface area contributed by atoms with Gasteiger partial charge in [-0.1, -0.05) is 13.3 Å². The molecule has 1 N–H and O–H groups in total. The lowest BCUT2D eigenvalue weighted by Crippen LogP contribution is -2.46. The van der Waals surface area contributed by atoms with Crippen molar-refractivity contribution >= 4 is 11.6 Å². The molecule has 1 aromatic rings. The number of amides is 1. The van der Waals surface area contributed by atoms with Gasteiger partial charge in [-0.25, -0.2) is 0 Å². The van der Waals surface area contributed by atoms with Crippen molar-refractivity contribution in [1.29, 1.82) is 0 Å². The Hall–Kier alpha value is -2.05. The van der Waals surface area contributed by atoms with E-state index in [1.807, 2.05) is 6.92 Å². The van der Waals surface area contributed by atoms with Gasteiger partial charge in [0.05, 0.1) is 10.9 Å². The second kappa shape index (κ2) is 6.37. The lowest BCUT2D eigenvalue weighted by Gasteiger charge is -2.27. The van der Waals surface area contributed by atoms with E-state index in [9.17, 15) is 18.0 Å². The maximum Gasteiger partial charge on any atom is 0.416 e. The van der Waals surface area contributed by atoms with Gasteiger partial charge in [0.25, 0.3) is 5.91 Å². The number of alkyl halides is 3. The minimum absolute atomic E-state index is 0.233. The predicted octanol–water partition coefficient (Wildman–Crippen LogP) is 1.25. The first-order valence-electron chi connectivity index (χ1n) is 7.11. The molecule has 22 heavy (non-hydrogen) atoms. The average Bonchev–Trinajstić information content (AvgIpc) is 2.50. The van der Waals surface area contributed by atoms with E-state index in [4.69, 9.17) is 0 Å². The molecule has 1 heterocycles. The molecule has 0 unspecified atom stereocenters. The molecule has 0 aromatic heterocycles. The van der Waals surface area contributed by atoms with Gasteiger partial charge in [-0.15, -0.1) is 0 Å². The summed E-state index contributed by atoms with van der Waals surface area (Å²) in [5.41, 5.74) is -0.521. The van der Waals surface area contributed by atoms with Gasteiger partial charge in [0.15, 0.2) is 0 Å². The molecular weight excluding hydrogens is 295 g/mol. The number of hydrogen-bond donors (Lipinski definition) is 1. The number of nitrogens with one attached hydrogen (secondary N) is 1. The second-order valence-electron chi connectivity index (χ2n) is 5.07. The minimum Gasteiger partial charge on any atom is -0.354 e. The van der Waals surface area contributed by atoms with Crippen molar-refractivity contribution in [2.45, 2.75) is 25.9 Å². The van der Waals surface area contributed by atoms with Crippen molar-refractivity contribution in [2.75, 3.05) is 20.3 Å². The summed E-state index contributed by atoms with van der Waals surface area (Å²) >= 11 is 0. The van der Waals surface area contributed by atoms with Gasteiger partial charge >= 0.3 is 6.18 Å². The zero-order valence-corrected chi connectivity index (χ0v) is 12.5. The quantitative estimate of drug-likeness (QED) is 0.909. The highest BCUT2D eigenvalue weighted by atomic mass is 19.4. The van der Waals surface area contributed by atoms with Crippen molar-refractivity contribution in [2.24, 2.45) is 4.99 Å². The number of hydrogen-bond acceptors (Lipinski definition) is 3. The predicted molar refractivity (Wildman–Crippen MR) is 76.2 cm³/mol. The summed E-state index contributed by atoms with van der Waals surface area (Å²) in [5.74, 6) is -0.397. The molecule has 2 rings (SSSR count). The highest BCUT2D eigenvalue weighted by Gasteiger charge is 2.31. The molecule has 0 spiro atoms. The Morgan fingerprint density at radius 1 is 1.41 bits per heavy atom. The average molecular weight is 313 g/mol. The van der Waals surface area contributed by atoms with Crippen LogP contribution in [0.15, 0.2) is 23.2 Å². The summed E-state index contributed by atoms with van der Waals surface area (Å²) in [6.07, 6.45) is -2.69. The van der Waals surface area contributed by atoms with Crippen molar-refractivity contribution in [3.8, 4) is 0 Å². The highest BCUT2D eigenvalue weighted by molar-refractivity contribution is 6.12. The summed E-state index contributed by atoms with van der Waals surface area (Å²) in [6.45, 7) is 2.87. The number of benzene rings is 1. The topological polar surface area (TPSA) is 44.7 Å². The van der Waals surface area contributed by atoms with E-state index in [2.05, 4.69) is 10.3 Å². The lowest BCUT2D eigenvalue weighted by molar-refractivity contribution is -0.137. The first kappa shape index (κ1) is 16.3. The van der Waals surface area contributed by atoms with Crippen LogP contribution in [0.4, 0.5) is 13.2 Å². The number of carbonyl (C=O) groups excluding carboxylic acids is 1. The maximum atomic E-state index is 12.9. The van der Waals surface area contributed by atoms with Crippen LogP contribution >= 0.6 is 0 Å². The van der Waals surface area contributed by atoms with Crippen LogP contribution in [-0.2, 0) is 11.0 Å². The molecule has 7 heteroatoms. The fraction of sp³-hybridized carbons (Fsp3) is 0.467. The number of nitrogens with zero attached hydrogens (tertiary/aromatic N) is 2. The molecule has 120 valence electrons. The Morgan fingerprint density at radius 2 is 2.14 bits per heavy atom. The number of rotatable bonds is 4. The lowest BCUT2D eigenvalue weighted by atomic mass is 10.1. The van der Waals surface area contributed by atoms with Gasteiger partial charge in [-0.2, -0.15) is 13.2 Å². The van der Waals surface area contributed by atoms with Crippen molar-refractivity contribution in [3.05, 3.63) is 34.3 Å². The van der Waals surface area contributed by atoms with Crippen molar-refractivity contribution in [1.82, 2.24) is 10.2 Å². The third-order valence-electron chi connectivity index (χ3n) is 3.53. The van der Waals surface area contributed by atoms with Gasteiger partial charge in [0.1, 0.15) is 12.4 Å². The third-order valence-corrected chi connectivity index (χ3v) is 3.53. The van der Waals surface area contributed by atoms with E-state index >= 15 is 0 Å². The fourth-order valence-corrected chi connectivity index (χ4v) is 2.36. The molecule has 0 fully saturated rings. The van der Waals surface area contributed by atoms with Gasteiger partial charge in [-0.3, -0.25) is 9.79 Å². The van der Waals surface area contributed by atoms with E-state index in [0.717, 1.165) is 25.0 Å². The Kier molecular flexibility index (Phi) is 4.73. The molecule has 4 nitrogen and oxygen atoms in total. The van der Waals surface area contributed by atoms with E-state index in [1.54, 1.807) is 4.90 Å². The fourth-order valence-electron chi connectivity index (χ4n) is 2.36. The van der Waals surface area contributed by atoms with Crippen LogP contribution < -0.4 is 15.9 Å². The number of fused-ring (bicyclic) bond motifs is 1. The molecule has 1 aliphatic rings. The molecular formula is C15H18F3N3O. The molecule has 0 aliphatic carbocycles. The van der Waals surface area contributed by atoms with Crippen molar-refractivity contribution < 1.29 is 18.0 Å². The minimum atomic E-state index is -4.45. The SMILES string of the molecule is CCCCN1CN=c2ccc(C(F)(F)F)cc2=C1C(=O)NC. The summed E-state index contributed by atoms with van der Waals surface area (Å²) in [6, 6.07) is 3.31. The number of unbranched alkanes of at least 4 members (excludes halogenated alkanes) is 1. The van der Waals surface area contributed by atoms with Gasteiger partial charge < -0.3 is 10.2 Å². The van der Waals surface area contributed by atoms with Gasteiger partial charge in [-0.05, 0) is 24.6 Å². The van der Waals surface area contributed by atoms with Crippen LogP contribution in [0.2, 0.25) is 0 Å². The van der Waals surface area contributed by atoms with E-state index in [-0.39, 0.29) is 17.6 Å². The van der Waals surface area contributed by atoms with Crippen LogP contribution in [0.3, 0.4) is 0 Å². The van der Waals surface area contributed by atoms with E-state index in [0.29, 0.717) is 11.9 Å². The molecule has 0 saturated carbocycles. The van der Waals surface area contributed by atoms with Crippen LogP contribution in [0.5, 0.6) is 0 Å². The summed E-state index contributed by atoms with van der Waals surface area (Å²) in [5, 5.41) is 3.15. The maximum absolute atomic E-state index is 12.9. The molecule has 0 atom stereocenters. The van der Waals surface area contributed by atoms with Gasteiger partial charge in [0, 0.05) is 18.8 Å². The summed E-state index contributed by atoms with van der Waals surface area (Å²) in [7, 11) is 1.46. The van der Waals surface area contributed by atoms with Gasteiger partial charge in [0.2, 0.25) is 0 Å². The first-order valence-corrected chi connectivity index (χ1v) is 7.11. The number of carbonyl (C=O) groups is 1. The smallest absolute Gasteiger partial charge is 0.354 e. The largest absolute Gasteiger partial charge is 0.416 e. The molecule has 0 bridgehead atoms. The Bertz CT molecular complexity index is 682. The van der Waals surface area contributed by atoms with E-state index in [1.165, 1.54) is 13.1 Å². The number of halogens is 3. The van der Waals surface area contributed by atoms with Crippen molar-refractivity contribution in [3.63, 3.8) is 0 Å². The number of likely N-dealkylation sites (N-methyl/N-ethyl adjacent to an activating group) is 1. The monoisotopic (exact) mass is 313 g/mol. The van der Waals surface area contributed by atoms with Crippen LogP contribution in [0, 0.1) is 0 Å². The zero-order chi connectivity index (χ0) is 16.3. The standard InChI is InChI=1S/C15H18F3N3O/c1-3-4-7-21-9-20-12-6-5-10(15(16,17)18)8-11(12)13(21)14(22)19-2/h5-6,8H,3-4,7,9H2,1-2H3,(H,19,22). The third kappa shape index (κ3) is 3.23. The molecule has 1 aromatic carbocycles. The Morgan fingerprint density at radius 3 is 2.73 bits per heavy atom. The van der Waals surface area contributed by atoms with Crippen LogP contribution in [0.1, 0.15) is 25.3 Å². The zero-order valence-electron chi connectivity index (χ0n) is 12.5. The first-order chi connectivity index (χ1) is 10.4. The molecule has 1 amide bonds. The molecule has 0 radical (unpaired) electrons. The Balaban J connectivity index is 2.64. The molecule has 0 saturated heterocycles. The normalized spacial score (nSPS) is 14.4. The van der Waals surface area contributed by atoms with Crippen LogP contribution in [0.25, 0.3) is 5.70 Å². The van der Waals surface area contributed by atoms with Crippen LogP contribution in [-0.4, -0.2) is 31.1 Å². The summed E-state index contributed by atoms with van der Waals surface area (Å²) in [4.78, 5) is 18.2. The van der Waals surface area contributed by atoms with E-state index < -0.39 is 17.6 Å². The highest BCUT2D eigenvalue weighted by Crippen LogP contribution is 2.27. The molecule has 1 aliphatic heterocycles. The second-order valence-corrected chi connectivity index (χ2v) is 5.07.